The minimum atomic E-state index is -0.0397. The molecule has 0 atom stereocenters. The van der Waals surface area contributed by atoms with Crippen molar-refractivity contribution in [3.8, 4) is 5.75 Å². The maximum Gasteiger partial charge on any atom is 0.254 e. The summed E-state index contributed by atoms with van der Waals surface area (Å²) in [7, 11) is 0. The summed E-state index contributed by atoms with van der Waals surface area (Å²) in [5.41, 5.74) is 2.17. The minimum absolute atomic E-state index is 0.00911. The Balaban J connectivity index is 1.15. The van der Waals surface area contributed by atoms with Gasteiger partial charge in [-0.1, -0.05) is 42.5 Å². The molecule has 1 aliphatic heterocycles. The van der Waals surface area contributed by atoms with E-state index in [2.05, 4.69) is 30.3 Å². The molecule has 30 heavy (non-hydrogen) atoms. The molecule has 1 aromatic heterocycles. The molecule has 1 saturated carbocycles. The Kier molecular flexibility index (Phi) is 4.81. The van der Waals surface area contributed by atoms with Crippen LogP contribution in [0.25, 0.3) is 10.8 Å². The van der Waals surface area contributed by atoms with Gasteiger partial charge in [0.15, 0.2) is 0 Å². The van der Waals surface area contributed by atoms with Crippen molar-refractivity contribution in [2.75, 3.05) is 13.1 Å². The van der Waals surface area contributed by atoms with Crippen LogP contribution in [0.2, 0.25) is 0 Å². The van der Waals surface area contributed by atoms with Crippen molar-refractivity contribution in [3.63, 3.8) is 0 Å². The molecule has 2 aromatic carbocycles. The Morgan fingerprint density at radius 3 is 2.60 bits per heavy atom. The van der Waals surface area contributed by atoms with Gasteiger partial charge in [0.1, 0.15) is 11.9 Å². The average Bonchev–Trinajstić information content (AvgIpc) is 3.53. The first-order valence-electron chi connectivity index (χ1n) is 10.7. The van der Waals surface area contributed by atoms with E-state index in [4.69, 9.17) is 4.74 Å². The van der Waals surface area contributed by atoms with E-state index in [1.54, 1.807) is 6.07 Å². The number of carbonyl (C=O) groups is 1. The lowest BCUT2D eigenvalue weighted by Crippen LogP contribution is -2.56. The Labute approximate surface area is 175 Å². The number of rotatable bonds is 6. The van der Waals surface area contributed by atoms with Gasteiger partial charge in [0.25, 0.3) is 5.56 Å². The van der Waals surface area contributed by atoms with Crippen molar-refractivity contribution in [3.05, 3.63) is 76.2 Å². The molecule has 5 nitrogen and oxygen atoms in total. The van der Waals surface area contributed by atoms with E-state index < -0.39 is 0 Å². The molecule has 1 amide bonds. The van der Waals surface area contributed by atoms with Crippen molar-refractivity contribution in [1.29, 1.82) is 0 Å². The van der Waals surface area contributed by atoms with E-state index in [1.807, 2.05) is 34.6 Å². The van der Waals surface area contributed by atoms with E-state index in [9.17, 15) is 9.59 Å². The molecule has 0 spiro atoms. The topological polar surface area (TPSA) is 51.5 Å². The van der Waals surface area contributed by atoms with Crippen LogP contribution in [0.1, 0.15) is 36.6 Å². The number of aryl methyl sites for hydroxylation is 2. The van der Waals surface area contributed by atoms with Crippen molar-refractivity contribution < 1.29 is 9.53 Å². The fraction of sp³-hybridized carbons (Fsp3) is 0.360. The number of fused-ring (bicyclic) bond motifs is 1. The van der Waals surface area contributed by atoms with Crippen LogP contribution in [0.4, 0.5) is 0 Å². The lowest BCUT2D eigenvalue weighted by Gasteiger charge is -2.39. The van der Waals surface area contributed by atoms with Gasteiger partial charge in [-0.05, 0) is 48.6 Å². The van der Waals surface area contributed by atoms with Crippen LogP contribution in [-0.2, 0) is 11.2 Å². The number of ether oxygens (including phenoxy) is 1. The molecule has 154 valence electrons. The summed E-state index contributed by atoms with van der Waals surface area (Å²) in [6, 6.07) is 18.4. The summed E-state index contributed by atoms with van der Waals surface area (Å²) in [6.07, 6.45) is 3.36. The summed E-state index contributed by atoms with van der Waals surface area (Å²) in [4.78, 5) is 26.8. The first-order chi connectivity index (χ1) is 14.6. The Morgan fingerprint density at radius 2 is 1.83 bits per heavy atom. The second kappa shape index (κ2) is 7.63. The van der Waals surface area contributed by atoms with Gasteiger partial charge in [-0.2, -0.15) is 0 Å². The molecule has 2 aliphatic rings. The van der Waals surface area contributed by atoms with E-state index in [0.717, 1.165) is 25.0 Å². The predicted octanol–water partition coefficient (Wildman–Crippen LogP) is 3.87. The number of pyridine rings is 1. The first kappa shape index (κ1) is 18.9. The molecular formula is C25H26N2O3. The lowest BCUT2D eigenvalue weighted by atomic mass is 10.00. The number of nitrogens with zero attached hydrogens (tertiary/aromatic N) is 2. The number of benzene rings is 2. The van der Waals surface area contributed by atoms with Crippen molar-refractivity contribution in [1.82, 2.24) is 9.47 Å². The highest BCUT2D eigenvalue weighted by atomic mass is 16.5. The monoisotopic (exact) mass is 402 g/mol. The van der Waals surface area contributed by atoms with E-state index in [1.165, 1.54) is 16.3 Å². The number of hydrogen-bond donors (Lipinski definition) is 0. The van der Waals surface area contributed by atoms with E-state index in [-0.39, 0.29) is 17.6 Å². The number of hydrogen-bond acceptors (Lipinski definition) is 3. The molecule has 3 aromatic rings. The summed E-state index contributed by atoms with van der Waals surface area (Å²) in [5.74, 6) is 0.769. The number of aromatic nitrogens is 1. The normalized spacial score (nSPS) is 16.5. The zero-order valence-corrected chi connectivity index (χ0v) is 17.2. The molecule has 0 bridgehead atoms. The van der Waals surface area contributed by atoms with Gasteiger partial charge < -0.3 is 14.2 Å². The summed E-state index contributed by atoms with van der Waals surface area (Å²) >= 11 is 0. The van der Waals surface area contributed by atoms with Crippen molar-refractivity contribution in [2.24, 2.45) is 0 Å². The third kappa shape index (κ3) is 3.72. The van der Waals surface area contributed by atoms with Crippen LogP contribution in [0.15, 0.2) is 59.4 Å². The largest absolute Gasteiger partial charge is 0.486 e. The van der Waals surface area contributed by atoms with Crippen LogP contribution in [0, 0.1) is 6.92 Å². The predicted molar refractivity (Wildman–Crippen MR) is 117 cm³/mol. The molecule has 5 heteroatoms. The Morgan fingerprint density at radius 1 is 1.07 bits per heavy atom. The number of likely N-dealkylation sites (tertiary alicyclic amines) is 1. The molecule has 2 heterocycles. The number of amides is 1. The molecule has 0 radical (unpaired) electrons. The zero-order chi connectivity index (χ0) is 20.7. The molecule has 1 saturated heterocycles. The third-order valence-electron chi connectivity index (χ3n) is 6.14. The van der Waals surface area contributed by atoms with Gasteiger partial charge >= 0.3 is 0 Å². The maximum atomic E-state index is 12.6. The van der Waals surface area contributed by atoms with Crippen molar-refractivity contribution in [2.45, 2.75) is 44.8 Å². The third-order valence-corrected chi connectivity index (χ3v) is 6.14. The molecule has 5 rings (SSSR count). The van der Waals surface area contributed by atoms with Gasteiger partial charge in [-0.25, -0.2) is 0 Å². The second-order valence-corrected chi connectivity index (χ2v) is 8.45. The second-order valence-electron chi connectivity index (χ2n) is 8.45. The van der Waals surface area contributed by atoms with Crippen LogP contribution < -0.4 is 10.3 Å². The molecule has 0 N–H and O–H groups in total. The van der Waals surface area contributed by atoms with E-state index >= 15 is 0 Å². The highest BCUT2D eigenvalue weighted by molar-refractivity contribution is 5.86. The van der Waals surface area contributed by atoms with Gasteiger partial charge in [0, 0.05) is 24.2 Å². The summed E-state index contributed by atoms with van der Waals surface area (Å²) in [6.45, 7) is 3.12. The highest BCUT2D eigenvalue weighted by Crippen LogP contribution is 2.35. The fourth-order valence-electron chi connectivity index (χ4n) is 4.37. The SMILES string of the molecule is Cc1cc(OC2CN(C(=O)CCc3cccc4ccccc34)C2)cc(=O)n1C1CC1. The Bertz CT molecular complexity index is 1150. The summed E-state index contributed by atoms with van der Waals surface area (Å²) in [5, 5.41) is 2.42. The fourth-order valence-corrected chi connectivity index (χ4v) is 4.37. The summed E-state index contributed by atoms with van der Waals surface area (Å²) < 4.78 is 7.82. The molecule has 0 unspecified atom stereocenters. The van der Waals surface area contributed by atoms with Gasteiger partial charge in [-0.3, -0.25) is 9.59 Å². The van der Waals surface area contributed by atoms with Crippen LogP contribution in [0.5, 0.6) is 5.75 Å². The zero-order valence-electron chi connectivity index (χ0n) is 17.2. The standard InChI is InChI=1S/C25H26N2O3/c1-17-13-21(14-25(29)27(17)20-10-11-20)30-22-15-26(16-22)24(28)12-9-19-7-4-6-18-5-2-3-8-23(18)19/h2-8,13-14,20,22H,9-12,15-16H2,1H3. The van der Waals surface area contributed by atoms with E-state index in [0.29, 0.717) is 31.3 Å². The lowest BCUT2D eigenvalue weighted by molar-refractivity contribution is -0.139. The van der Waals surface area contributed by atoms with Crippen LogP contribution >= 0.6 is 0 Å². The minimum Gasteiger partial charge on any atom is -0.486 e. The average molecular weight is 402 g/mol. The highest BCUT2D eigenvalue weighted by Gasteiger charge is 2.32. The van der Waals surface area contributed by atoms with Crippen LogP contribution in [0.3, 0.4) is 0 Å². The molecule has 1 aliphatic carbocycles. The Hall–Kier alpha value is -3.08. The number of carbonyl (C=O) groups excluding carboxylic acids is 1. The van der Waals surface area contributed by atoms with Crippen LogP contribution in [-0.4, -0.2) is 34.6 Å². The van der Waals surface area contributed by atoms with Gasteiger partial charge in [0.05, 0.1) is 13.1 Å². The van der Waals surface area contributed by atoms with Gasteiger partial charge in [-0.15, -0.1) is 0 Å². The molecule has 2 fully saturated rings. The maximum absolute atomic E-state index is 12.6. The smallest absolute Gasteiger partial charge is 0.254 e. The first-order valence-corrected chi connectivity index (χ1v) is 10.7. The van der Waals surface area contributed by atoms with Crippen molar-refractivity contribution >= 4 is 16.7 Å². The molecular weight excluding hydrogens is 376 g/mol. The quantitative estimate of drug-likeness (QED) is 0.629. The van der Waals surface area contributed by atoms with Gasteiger partial charge in [0.2, 0.25) is 5.91 Å².